The highest BCUT2D eigenvalue weighted by molar-refractivity contribution is 5.96. The summed E-state index contributed by atoms with van der Waals surface area (Å²) < 4.78 is 6.52. The molecular weight excluding hydrogens is 284 g/mol. The minimum Gasteiger partial charge on any atom is -0.383 e. The number of carbonyl (C=O) groups excluding carboxylic acids is 2. The van der Waals surface area contributed by atoms with Crippen LogP contribution in [0.15, 0.2) is 42.7 Å². The fourth-order valence-electron chi connectivity index (χ4n) is 1.80. The second-order valence-electron chi connectivity index (χ2n) is 4.52. The molecule has 2 rings (SSSR count). The number of amides is 2. The molecule has 22 heavy (non-hydrogen) atoms. The lowest BCUT2D eigenvalue weighted by atomic mass is 10.2. The van der Waals surface area contributed by atoms with E-state index in [-0.39, 0.29) is 18.4 Å². The van der Waals surface area contributed by atoms with Crippen LogP contribution in [0.25, 0.3) is 5.69 Å². The Labute approximate surface area is 128 Å². The van der Waals surface area contributed by atoms with Crippen LogP contribution in [-0.4, -0.2) is 48.4 Å². The first-order chi connectivity index (χ1) is 10.7. The minimum atomic E-state index is -0.297. The summed E-state index contributed by atoms with van der Waals surface area (Å²) in [6.45, 7) is 0.793. The number of hydrogen-bond donors (Lipinski definition) is 2. The van der Waals surface area contributed by atoms with E-state index in [0.717, 1.165) is 5.69 Å². The van der Waals surface area contributed by atoms with Crippen molar-refractivity contribution in [2.24, 2.45) is 0 Å². The number of carbonyl (C=O) groups is 2. The van der Waals surface area contributed by atoms with Crippen molar-refractivity contribution in [2.45, 2.75) is 0 Å². The molecule has 0 radical (unpaired) electrons. The van der Waals surface area contributed by atoms with E-state index in [1.165, 1.54) is 0 Å². The summed E-state index contributed by atoms with van der Waals surface area (Å²) in [6.07, 6.45) is 3.50. The summed E-state index contributed by atoms with van der Waals surface area (Å²) in [6, 6.07) is 8.79. The summed E-state index contributed by atoms with van der Waals surface area (Å²) in [5, 5.41) is 9.30. The van der Waals surface area contributed by atoms with Crippen LogP contribution in [-0.2, 0) is 9.53 Å². The lowest BCUT2D eigenvalue weighted by molar-refractivity contribution is -0.120. The predicted molar refractivity (Wildman–Crippen MR) is 80.8 cm³/mol. The molecule has 0 aliphatic heterocycles. The topological polar surface area (TPSA) is 85.3 Å². The molecule has 2 N–H and O–H groups in total. The lowest BCUT2D eigenvalue weighted by Crippen LogP contribution is -2.38. The molecule has 0 aliphatic rings. The van der Waals surface area contributed by atoms with Gasteiger partial charge >= 0.3 is 0 Å². The summed E-state index contributed by atoms with van der Waals surface area (Å²) in [5.74, 6) is -0.549. The standard InChI is InChI=1S/C15H18N4O3/c1-22-10-8-16-14(20)11-17-15(21)12-3-5-13(6-4-12)19-9-2-7-18-19/h2-7,9H,8,10-11H2,1H3,(H,16,20)(H,17,21). The van der Waals surface area contributed by atoms with Crippen molar-refractivity contribution in [1.82, 2.24) is 20.4 Å². The summed E-state index contributed by atoms with van der Waals surface area (Å²) in [7, 11) is 1.56. The van der Waals surface area contributed by atoms with E-state index in [0.29, 0.717) is 18.7 Å². The van der Waals surface area contributed by atoms with Crippen LogP contribution in [0, 0.1) is 0 Å². The van der Waals surface area contributed by atoms with Crippen molar-refractivity contribution in [2.75, 3.05) is 26.8 Å². The molecule has 0 saturated carbocycles. The Balaban J connectivity index is 1.84. The van der Waals surface area contributed by atoms with Gasteiger partial charge in [0.2, 0.25) is 5.91 Å². The van der Waals surface area contributed by atoms with Gasteiger partial charge in [-0.2, -0.15) is 5.10 Å². The first-order valence-electron chi connectivity index (χ1n) is 6.84. The van der Waals surface area contributed by atoms with Crippen LogP contribution >= 0.6 is 0 Å². The molecule has 7 nitrogen and oxygen atoms in total. The van der Waals surface area contributed by atoms with Crippen molar-refractivity contribution in [3.63, 3.8) is 0 Å². The summed E-state index contributed by atoms with van der Waals surface area (Å²) >= 11 is 0. The first-order valence-corrected chi connectivity index (χ1v) is 6.84. The van der Waals surface area contributed by atoms with E-state index in [4.69, 9.17) is 4.74 Å². The van der Waals surface area contributed by atoms with Crippen LogP contribution in [0.1, 0.15) is 10.4 Å². The molecule has 0 unspecified atom stereocenters. The fraction of sp³-hybridized carbons (Fsp3) is 0.267. The maximum absolute atomic E-state index is 11.9. The summed E-state index contributed by atoms with van der Waals surface area (Å²) in [4.78, 5) is 23.4. The van der Waals surface area contributed by atoms with Gasteiger partial charge in [0, 0.05) is 31.6 Å². The molecule has 2 amide bonds. The zero-order valence-electron chi connectivity index (χ0n) is 12.3. The van der Waals surface area contributed by atoms with Crippen LogP contribution in [0.3, 0.4) is 0 Å². The van der Waals surface area contributed by atoms with Crippen LogP contribution in [0.5, 0.6) is 0 Å². The van der Waals surface area contributed by atoms with Gasteiger partial charge in [-0.1, -0.05) is 0 Å². The van der Waals surface area contributed by atoms with Crippen molar-refractivity contribution >= 4 is 11.8 Å². The predicted octanol–water partition coefficient (Wildman–Crippen LogP) is 0.365. The molecule has 1 aromatic carbocycles. The highest BCUT2D eigenvalue weighted by Gasteiger charge is 2.08. The van der Waals surface area contributed by atoms with Crippen molar-refractivity contribution in [3.8, 4) is 5.69 Å². The first kappa shape index (κ1) is 15.7. The maximum atomic E-state index is 11.9. The zero-order valence-corrected chi connectivity index (χ0v) is 12.3. The van der Waals surface area contributed by atoms with Crippen molar-refractivity contribution in [3.05, 3.63) is 48.3 Å². The molecule has 0 bridgehead atoms. The molecule has 0 spiro atoms. The van der Waals surface area contributed by atoms with Gasteiger partial charge in [0.1, 0.15) is 0 Å². The highest BCUT2D eigenvalue weighted by atomic mass is 16.5. The third-order valence-corrected chi connectivity index (χ3v) is 2.94. The molecular formula is C15H18N4O3. The van der Waals surface area contributed by atoms with E-state index in [1.54, 1.807) is 42.3 Å². The number of rotatable bonds is 7. The number of benzene rings is 1. The third kappa shape index (κ3) is 4.42. The number of ether oxygens (including phenoxy) is 1. The molecule has 116 valence electrons. The number of nitrogens with one attached hydrogen (secondary N) is 2. The van der Waals surface area contributed by atoms with Crippen LogP contribution in [0.2, 0.25) is 0 Å². The Hall–Kier alpha value is -2.67. The maximum Gasteiger partial charge on any atom is 0.251 e. The largest absolute Gasteiger partial charge is 0.383 e. The average Bonchev–Trinajstić information content (AvgIpc) is 3.07. The molecule has 0 saturated heterocycles. The van der Waals surface area contributed by atoms with E-state index in [1.807, 2.05) is 12.3 Å². The molecule has 2 aromatic rings. The number of methoxy groups -OCH3 is 1. The van der Waals surface area contributed by atoms with Crippen LogP contribution in [0.4, 0.5) is 0 Å². The Morgan fingerprint density at radius 2 is 2.00 bits per heavy atom. The minimum absolute atomic E-state index is 0.0660. The quantitative estimate of drug-likeness (QED) is 0.723. The number of nitrogens with zero attached hydrogens (tertiary/aromatic N) is 2. The van der Waals surface area contributed by atoms with Gasteiger partial charge in [0.05, 0.1) is 18.8 Å². The van der Waals surface area contributed by atoms with E-state index >= 15 is 0 Å². The van der Waals surface area contributed by atoms with E-state index < -0.39 is 0 Å². The van der Waals surface area contributed by atoms with E-state index in [2.05, 4.69) is 15.7 Å². The zero-order chi connectivity index (χ0) is 15.8. The molecule has 0 aliphatic carbocycles. The van der Waals surface area contributed by atoms with Crippen molar-refractivity contribution in [1.29, 1.82) is 0 Å². The van der Waals surface area contributed by atoms with Crippen LogP contribution < -0.4 is 10.6 Å². The fourth-order valence-corrected chi connectivity index (χ4v) is 1.80. The smallest absolute Gasteiger partial charge is 0.251 e. The summed E-state index contributed by atoms with van der Waals surface area (Å²) in [5.41, 5.74) is 1.35. The molecule has 1 aromatic heterocycles. The Bertz CT molecular complexity index is 608. The Morgan fingerprint density at radius 3 is 2.64 bits per heavy atom. The average molecular weight is 302 g/mol. The van der Waals surface area contributed by atoms with Gasteiger partial charge < -0.3 is 15.4 Å². The molecule has 0 atom stereocenters. The second-order valence-corrected chi connectivity index (χ2v) is 4.52. The number of aromatic nitrogens is 2. The third-order valence-electron chi connectivity index (χ3n) is 2.94. The normalized spacial score (nSPS) is 10.2. The Kier molecular flexibility index (Phi) is 5.67. The molecule has 1 heterocycles. The SMILES string of the molecule is COCCNC(=O)CNC(=O)c1ccc(-n2cccn2)cc1. The number of hydrogen-bond acceptors (Lipinski definition) is 4. The van der Waals surface area contributed by atoms with Gasteiger partial charge in [-0.05, 0) is 30.3 Å². The lowest BCUT2D eigenvalue weighted by Gasteiger charge is -2.07. The molecule has 0 fully saturated rings. The second kappa shape index (κ2) is 7.94. The highest BCUT2D eigenvalue weighted by Crippen LogP contribution is 2.08. The van der Waals surface area contributed by atoms with Gasteiger partial charge in [-0.25, -0.2) is 4.68 Å². The van der Waals surface area contributed by atoms with Gasteiger partial charge in [0.15, 0.2) is 0 Å². The van der Waals surface area contributed by atoms with Gasteiger partial charge in [0.25, 0.3) is 5.91 Å². The molecule has 7 heteroatoms. The van der Waals surface area contributed by atoms with Gasteiger partial charge in [-0.3, -0.25) is 9.59 Å². The van der Waals surface area contributed by atoms with Crippen molar-refractivity contribution < 1.29 is 14.3 Å². The monoisotopic (exact) mass is 302 g/mol. The van der Waals surface area contributed by atoms with E-state index in [9.17, 15) is 9.59 Å². The Morgan fingerprint density at radius 1 is 1.23 bits per heavy atom. The van der Waals surface area contributed by atoms with Gasteiger partial charge in [-0.15, -0.1) is 0 Å².